The van der Waals surface area contributed by atoms with E-state index in [0.29, 0.717) is 11.4 Å². The van der Waals surface area contributed by atoms with Crippen LogP contribution in [0.2, 0.25) is 0 Å². The van der Waals surface area contributed by atoms with Crippen LogP contribution in [-0.2, 0) is 20.9 Å². The van der Waals surface area contributed by atoms with Crippen LogP contribution in [0.15, 0.2) is 0 Å². The Balaban J connectivity index is 2.43. The quantitative estimate of drug-likeness (QED) is 0.765. The highest BCUT2D eigenvalue weighted by Gasteiger charge is 2.13. The van der Waals surface area contributed by atoms with Gasteiger partial charge in [-0.25, -0.2) is 0 Å². The molecule has 19 heavy (non-hydrogen) atoms. The largest absolute Gasteiger partial charge is 0.464 e. The lowest BCUT2D eigenvalue weighted by Crippen LogP contribution is -2.24. The molecule has 7 nitrogen and oxygen atoms in total. The smallest absolute Gasteiger partial charge is 0.327 e. The maximum Gasteiger partial charge on any atom is 0.327 e. The van der Waals surface area contributed by atoms with Gasteiger partial charge in [0, 0.05) is 14.1 Å². The lowest BCUT2D eigenvalue weighted by atomic mass is 10.3. The van der Waals surface area contributed by atoms with E-state index in [-0.39, 0.29) is 25.5 Å². The molecule has 0 saturated heterocycles. The molecule has 0 spiro atoms. The van der Waals surface area contributed by atoms with E-state index in [1.54, 1.807) is 27.9 Å². The third kappa shape index (κ3) is 3.97. The van der Waals surface area contributed by atoms with Gasteiger partial charge < -0.3 is 15.4 Å². The minimum atomic E-state index is -0.433. The highest BCUT2D eigenvalue weighted by Crippen LogP contribution is 2.14. The van der Waals surface area contributed by atoms with Crippen LogP contribution in [0.1, 0.15) is 17.8 Å². The number of anilines is 1. The molecular formula is C12H20N4O3. The van der Waals surface area contributed by atoms with Crippen molar-refractivity contribution in [2.45, 2.75) is 26.8 Å². The fraction of sp³-hybridized carbons (Fsp3) is 0.583. The Hall–Kier alpha value is -2.05. The highest BCUT2D eigenvalue weighted by atomic mass is 16.5. The molecule has 0 aromatic carbocycles. The van der Waals surface area contributed by atoms with Gasteiger partial charge in [0.25, 0.3) is 0 Å². The molecule has 0 unspecified atom stereocenters. The lowest BCUT2D eigenvalue weighted by molar-refractivity contribution is -0.145. The van der Waals surface area contributed by atoms with Gasteiger partial charge in [-0.1, -0.05) is 0 Å². The van der Waals surface area contributed by atoms with E-state index in [1.807, 2.05) is 0 Å². The van der Waals surface area contributed by atoms with Crippen molar-refractivity contribution in [3.05, 3.63) is 11.4 Å². The molecule has 1 amide bonds. The second-order valence-corrected chi connectivity index (χ2v) is 4.50. The van der Waals surface area contributed by atoms with Crippen LogP contribution in [0.25, 0.3) is 0 Å². The summed E-state index contributed by atoms with van der Waals surface area (Å²) in [6, 6.07) is 0. The minimum absolute atomic E-state index is 0.0000279. The highest BCUT2D eigenvalue weighted by molar-refractivity contribution is 5.76. The van der Waals surface area contributed by atoms with Crippen LogP contribution < -0.4 is 5.73 Å². The first-order valence-electron chi connectivity index (χ1n) is 5.98. The van der Waals surface area contributed by atoms with E-state index < -0.39 is 5.97 Å². The normalized spacial score (nSPS) is 10.3. The second kappa shape index (κ2) is 6.21. The number of esters is 1. The number of nitrogens with two attached hydrogens (primary N) is 1. The maximum absolute atomic E-state index is 11.6. The molecule has 0 aliphatic carbocycles. The number of nitrogens with zero attached hydrogens (tertiary/aromatic N) is 3. The van der Waals surface area contributed by atoms with Crippen molar-refractivity contribution in [2.75, 3.05) is 26.4 Å². The maximum atomic E-state index is 11.6. The number of aryl methyl sites for hydroxylation is 1. The zero-order valence-corrected chi connectivity index (χ0v) is 11.8. The molecule has 1 aromatic heterocycles. The third-order valence-corrected chi connectivity index (χ3v) is 2.79. The number of nitrogen functional groups attached to an aromatic ring is 1. The van der Waals surface area contributed by atoms with Gasteiger partial charge in [-0.2, -0.15) is 5.10 Å². The molecule has 1 aromatic rings. The van der Waals surface area contributed by atoms with Gasteiger partial charge in [0.1, 0.15) is 13.2 Å². The SMILES string of the molecule is Cc1nn(CC(=O)OCCC(=O)N(C)C)c(C)c1N. The predicted molar refractivity (Wildman–Crippen MR) is 70.4 cm³/mol. The zero-order valence-electron chi connectivity index (χ0n) is 11.8. The van der Waals surface area contributed by atoms with Crippen molar-refractivity contribution >= 4 is 17.6 Å². The predicted octanol–water partition coefficient (Wildman–Crippen LogP) is 0.104. The van der Waals surface area contributed by atoms with Crippen LogP contribution in [-0.4, -0.2) is 47.3 Å². The van der Waals surface area contributed by atoms with E-state index in [9.17, 15) is 9.59 Å². The summed E-state index contributed by atoms with van der Waals surface area (Å²) in [5.41, 5.74) is 7.77. The monoisotopic (exact) mass is 268 g/mol. The minimum Gasteiger partial charge on any atom is -0.464 e. The molecule has 0 aliphatic heterocycles. The number of carbonyl (C=O) groups excluding carboxylic acids is 2. The average molecular weight is 268 g/mol. The summed E-state index contributed by atoms with van der Waals surface area (Å²) >= 11 is 0. The molecule has 0 saturated carbocycles. The summed E-state index contributed by atoms with van der Waals surface area (Å²) in [6.45, 7) is 3.64. The van der Waals surface area contributed by atoms with Crippen LogP contribution in [0, 0.1) is 13.8 Å². The standard InChI is InChI=1S/C12H20N4O3/c1-8-12(13)9(2)16(14-8)7-11(18)19-6-5-10(17)15(3)4/h5-7,13H2,1-4H3. The Morgan fingerprint density at radius 3 is 2.47 bits per heavy atom. The van der Waals surface area contributed by atoms with Crippen LogP contribution >= 0.6 is 0 Å². The molecule has 0 atom stereocenters. The summed E-state index contributed by atoms with van der Waals surface area (Å²) < 4.78 is 6.48. The van der Waals surface area contributed by atoms with Gasteiger partial charge in [0.05, 0.1) is 23.5 Å². The van der Waals surface area contributed by atoms with Gasteiger partial charge >= 0.3 is 5.97 Å². The molecule has 0 fully saturated rings. The van der Waals surface area contributed by atoms with Crippen molar-refractivity contribution in [1.29, 1.82) is 0 Å². The van der Waals surface area contributed by atoms with Crippen LogP contribution in [0.3, 0.4) is 0 Å². The van der Waals surface area contributed by atoms with Gasteiger partial charge in [0.2, 0.25) is 5.91 Å². The number of amides is 1. The van der Waals surface area contributed by atoms with E-state index in [1.165, 1.54) is 9.58 Å². The topological polar surface area (TPSA) is 90.5 Å². The molecule has 106 valence electrons. The van der Waals surface area contributed by atoms with E-state index in [4.69, 9.17) is 10.5 Å². The molecule has 7 heteroatoms. The summed E-state index contributed by atoms with van der Waals surface area (Å²) in [5, 5.41) is 4.14. The third-order valence-electron chi connectivity index (χ3n) is 2.79. The van der Waals surface area contributed by atoms with Crippen molar-refractivity contribution in [1.82, 2.24) is 14.7 Å². The molecule has 0 bridgehead atoms. The van der Waals surface area contributed by atoms with Gasteiger partial charge in [-0.3, -0.25) is 14.3 Å². The Labute approximate surface area is 112 Å². The second-order valence-electron chi connectivity index (χ2n) is 4.50. The molecular weight excluding hydrogens is 248 g/mol. The number of hydrogen-bond acceptors (Lipinski definition) is 5. The summed E-state index contributed by atoms with van der Waals surface area (Å²) in [4.78, 5) is 24.3. The number of ether oxygens (including phenoxy) is 1. The van der Waals surface area contributed by atoms with Crippen LogP contribution in [0.5, 0.6) is 0 Å². The lowest BCUT2D eigenvalue weighted by Gasteiger charge is -2.10. The Morgan fingerprint density at radius 2 is 2.00 bits per heavy atom. The fourth-order valence-corrected chi connectivity index (χ4v) is 1.51. The van der Waals surface area contributed by atoms with E-state index in [0.717, 1.165) is 5.69 Å². The van der Waals surface area contributed by atoms with E-state index in [2.05, 4.69) is 5.10 Å². The van der Waals surface area contributed by atoms with Gasteiger partial charge in [-0.15, -0.1) is 0 Å². The van der Waals surface area contributed by atoms with Crippen molar-refractivity contribution in [2.24, 2.45) is 0 Å². The molecule has 1 rings (SSSR count). The Morgan fingerprint density at radius 1 is 1.37 bits per heavy atom. The summed E-state index contributed by atoms with van der Waals surface area (Å²) in [7, 11) is 3.31. The first kappa shape index (κ1) is 15.0. The first-order chi connectivity index (χ1) is 8.82. The molecule has 1 heterocycles. The number of hydrogen-bond donors (Lipinski definition) is 1. The van der Waals surface area contributed by atoms with E-state index >= 15 is 0 Å². The number of aromatic nitrogens is 2. The zero-order chi connectivity index (χ0) is 14.6. The Kier molecular flexibility index (Phi) is 4.91. The number of carbonyl (C=O) groups is 2. The van der Waals surface area contributed by atoms with Crippen molar-refractivity contribution in [3.63, 3.8) is 0 Å². The van der Waals surface area contributed by atoms with Crippen LogP contribution in [0.4, 0.5) is 5.69 Å². The number of rotatable bonds is 5. The average Bonchev–Trinajstić information content (AvgIpc) is 2.56. The van der Waals surface area contributed by atoms with Gasteiger partial charge in [-0.05, 0) is 13.8 Å². The summed E-state index contributed by atoms with van der Waals surface area (Å²) in [5.74, 6) is -0.514. The molecule has 0 aliphatic rings. The fourth-order valence-electron chi connectivity index (χ4n) is 1.51. The van der Waals surface area contributed by atoms with Gasteiger partial charge in [0.15, 0.2) is 0 Å². The summed E-state index contributed by atoms with van der Waals surface area (Å²) in [6.07, 6.45) is 0.179. The molecule has 0 radical (unpaired) electrons. The molecule has 2 N–H and O–H groups in total. The first-order valence-corrected chi connectivity index (χ1v) is 5.98. The Bertz CT molecular complexity index is 480. The van der Waals surface area contributed by atoms with Crippen molar-refractivity contribution < 1.29 is 14.3 Å². The van der Waals surface area contributed by atoms with Crippen molar-refractivity contribution in [3.8, 4) is 0 Å².